The number of halogens is 2. The van der Waals surface area contributed by atoms with Crippen LogP contribution >= 0.6 is 36.6 Å². The van der Waals surface area contributed by atoms with E-state index < -0.39 is 0 Å². The van der Waals surface area contributed by atoms with Crippen molar-refractivity contribution < 1.29 is 9.59 Å². The van der Waals surface area contributed by atoms with Gasteiger partial charge in [-0.05, 0) is 37.2 Å². The lowest BCUT2D eigenvalue weighted by Crippen LogP contribution is -2.61. The Hall–Kier alpha value is -1.49. The first-order valence-electron chi connectivity index (χ1n) is 13.3. The van der Waals surface area contributed by atoms with Crippen molar-refractivity contribution in [2.75, 3.05) is 56.6 Å². The van der Waals surface area contributed by atoms with Crippen LogP contribution in [0.1, 0.15) is 70.1 Å². The molecule has 2 fully saturated rings. The second kappa shape index (κ2) is 15.9. The van der Waals surface area contributed by atoms with Gasteiger partial charge in [0.25, 0.3) is 5.91 Å². The number of aromatic nitrogens is 2. The summed E-state index contributed by atoms with van der Waals surface area (Å²) in [4.78, 5) is 39.9. The van der Waals surface area contributed by atoms with E-state index in [1.165, 1.54) is 0 Å². The third-order valence-corrected chi connectivity index (χ3v) is 7.33. The Bertz CT molecular complexity index is 901. The highest BCUT2D eigenvalue weighted by atomic mass is 35.5. The van der Waals surface area contributed by atoms with Crippen molar-refractivity contribution in [2.24, 2.45) is 5.92 Å². The van der Waals surface area contributed by atoms with E-state index in [1.807, 2.05) is 21.6 Å². The molecular formula is C26H47Cl2N7O2S. The molecule has 3 amide bonds. The normalized spacial score (nSPS) is 19.8. The zero-order valence-electron chi connectivity index (χ0n) is 23.7. The molecule has 2 aliphatic heterocycles. The van der Waals surface area contributed by atoms with Crippen LogP contribution in [0.2, 0.25) is 0 Å². The van der Waals surface area contributed by atoms with Crippen molar-refractivity contribution >= 4 is 54.3 Å². The van der Waals surface area contributed by atoms with Crippen molar-refractivity contribution in [3.63, 3.8) is 0 Å². The lowest BCUT2D eigenvalue weighted by molar-refractivity contribution is 0.0548. The Labute approximate surface area is 245 Å². The largest absolute Gasteiger partial charge is 0.369 e. The fourth-order valence-corrected chi connectivity index (χ4v) is 5.21. The van der Waals surface area contributed by atoms with Gasteiger partial charge in [-0.3, -0.25) is 4.79 Å². The second-order valence-electron chi connectivity index (χ2n) is 11.3. The Kier molecular flexibility index (Phi) is 14.5. The van der Waals surface area contributed by atoms with Gasteiger partial charge in [0.05, 0.1) is 0 Å². The molecule has 218 valence electrons. The molecule has 2 saturated heterocycles. The number of thioether (sulfide) groups is 1. The average Bonchev–Trinajstić information content (AvgIpc) is 2.84. The molecule has 1 aromatic rings. The fourth-order valence-electron chi connectivity index (χ4n) is 4.77. The second-order valence-corrected chi connectivity index (χ2v) is 12.3. The number of anilines is 1. The molecule has 0 unspecified atom stereocenters. The fraction of sp³-hybridized carbons (Fsp3) is 0.769. The summed E-state index contributed by atoms with van der Waals surface area (Å²) < 4.78 is 0. The number of hydrogen-bond donors (Lipinski definition) is 3. The maximum absolute atomic E-state index is 14.1. The van der Waals surface area contributed by atoms with E-state index >= 15 is 0 Å². The molecule has 2 aliphatic rings. The van der Waals surface area contributed by atoms with E-state index in [1.54, 1.807) is 6.20 Å². The lowest BCUT2D eigenvalue weighted by atomic mass is 9.95. The molecule has 0 spiro atoms. The van der Waals surface area contributed by atoms with Crippen LogP contribution in [-0.2, 0) is 5.41 Å². The van der Waals surface area contributed by atoms with Crippen LogP contribution in [0, 0.1) is 5.92 Å². The van der Waals surface area contributed by atoms with Crippen LogP contribution in [0.3, 0.4) is 0 Å². The van der Waals surface area contributed by atoms with Gasteiger partial charge in [-0.25, -0.2) is 14.8 Å². The molecule has 1 aromatic heterocycles. The predicted octanol–water partition coefficient (Wildman–Crippen LogP) is 4.03. The minimum absolute atomic E-state index is 0. The highest BCUT2D eigenvalue weighted by Gasteiger charge is 2.36. The molecule has 3 N–H and O–H groups in total. The van der Waals surface area contributed by atoms with Gasteiger partial charge in [0, 0.05) is 63.0 Å². The van der Waals surface area contributed by atoms with E-state index in [2.05, 4.69) is 61.8 Å². The summed E-state index contributed by atoms with van der Waals surface area (Å²) >= 11 is 1.81. The maximum atomic E-state index is 14.1. The van der Waals surface area contributed by atoms with Crippen LogP contribution < -0.4 is 16.0 Å². The number of hydrogen-bond acceptors (Lipinski definition) is 7. The summed E-state index contributed by atoms with van der Waals surface area (Å²) in [6.07, 6.45) is 6.50. The number of nitrogens with zero attached hydrogens (tertiary/aromatic N) is 4. The van der Waals surface area contributed by atoms with Gasteiger partial charge in [-0.2, -0.15) is 11.8 Å². The van der Waals surface area contributed by atoms with Gasteiger partial charge in [0.2, 0.25) is 0 Å². The molecule has 12 heteroatoms. The Balaban J connectivity index is 0.00000361. The summed E-state index contributed by atoms with van der Waals surface area (Å²) in [5.41, 5.74) is 0.301. The van der Waals surface area contributed by atoms with Crippen LogP contribution in [-0.4, -0.2) is 95.1 Å². The zero-order valence-corrected chi connectivity index (χ0v) is 26.2. The quantitative estimate of drug-likeness (QED) is 0.353. The van der Waals surface area contributed by atoms with Gasteiger partial charge in [0.15, 0.2) is 0 Å². The Morgan fingerprint density at radius 1 is 1.29 bits per heavy atom. The number of urea groups is 1. The maximum Gasteiger partial charge on any atom is 0.317 e. The third-order valence-electron chi connectivity index (χ3n) is 6.63. The topological polar surface area (TPSA) is 102 Å². The predicted molar refractivity (Wildman–Crippen MR) is 162 cm³/mol. The summed E-state index contributed by atoms with van der Waals surface area (Å²) in [6, 6.07) is 0.0495. The van der Waals surface area contributed by atoms with E-state index in [-0.39, 0.29) is 54.3 Å². The zero-order chi connectivity index (χ0) is 26.3. The number of amides is 3. The van der Waals surface area contributed by atoms with Crippen molar-refractivity contribution in [2.45, 2.75) is 71.4 Å². The van der Waals surface area contributed by atoms with Gasteiger partial charge in [0.1, 0.15) is 17.2 Å². The van der Waals surface area contributed by atoms with Crippen molar-refractivity contribution in [1.82, 2.24) is 30.4 Å². The summed E-state index contributed by atoms with van der Waals surface area (Å²) in [5.74, 6) is 2.64. The number of carbonyl (C=O) groups excluding carboxylic acids is 2. The first-order chi connectivity index (χ1) is 17.1. The van der Waals surface area contributed by atoms with E-state index in [0.29, 0.717) is 30.4 Å². The molecule has 9 nitrogen and oxygen atoms in total. The number of nitrogens with one attached hydrogen (secondary N) is 3. The molecule has 3 rings (SSSR count). The molecule has 3 heterocycles. The molecule has 0 bridgehead atoms. The number of carbonyl (C=O) groups is 2. The monoisotopic (exact) mass is 591 g/mol. The molecule has 0 aliphatic carbocycles. The standard InChI is InChI=1S/C26H45N7O2S.2ClH/c1-18(2)17-33(20-13-19(14-27-15-20)32-11-7-9-29-25(32)35)23(34)21-16-30-24(26(3,4)5)31-22(21)28-10-8-12-36-6;;/h16,18-20,27H,7-15,17H2,1-6H3,(H,29,35)(H,28,30,31);2*1H/t19-,20+;;/m1../s1. The van der Waals surface area contributed by atoms with Crippen LogP contribution in [0.4, 0.5) is 10.6 Å². The first kappa shape index (κ1) is 34.5. The Morgan fingerprint density at radius 3 is 2.66 bits per heavy atom. The van der Waals surface area contributed by atoms with E-state index in [0.717, 1.165) is 57.0 Å². The smallest absolute Gasteiger partial charge is 0.317 e. The molecular weight excluding hydrogens is 545 g/mol. The SMILES string of the molecule is CSCCCNc1nc(C(C)(C)C)ncc1C(=O)N(CC(C)C)[C@@H]1CNC[C@H](N2CCCNC2=O)C1.Cl.Cl. The van der Waals surface area contributed by atoms with E-state index in [9.17, 15) is 9.59 Å². The minimum atomic E-state index is -0.218. The first-order valence-corrected chi connectivity index (χ1v) is 14.7. The molecule has 0 radical (unpaired) electrons. The van der Waals surface area contributed by atoms with Gasteiger partial charge in [-0.1, -0.05) is 34.6 Å². The number of piperidine rings is 1. The van der Waals surface area contributed by atoms with Crippen molar-refractivity contribution in [3.05, 3.63) is 17.6 Å². The van der Waals surface area contributed by atoms with Crippen LogP contribution in [0.15, 0.2) is 6.20 Å². The van der Waals surface area contributed by atoms with Gasteiger partial charge >= 0.3 is 6.03 Å². The average molecular weight is 593 g/mol. The van der Waals surface area contributed by atoms with Crippen molar-refractivity contribution in [3.8, 4) is 0 Å². The molecule has 2 atom stereocenters. The number of rotatable bonds is 10. The van der Waals surface area contributed by atoms with Crippen LogP contribution in [0.5, 0.6) is 0 Å². The molecule has 0 saturated carbocycles. The summed E-state index contributed by atoms with van der Waals surface area (Å²) in [5, 5.41) is 9.88. The van der Waals surface area contributed by atoms with Gasteiger partial charge < -0.3 is 25.8 Å². The lowest BCUT2D eigenvalue weighted by Gasteiger charge is -2.43. The molecule has 38 heavy (non-hydrogen) atoms. The minimum Gasteiger partial charge on any atom is -0.369 e. The van der Waals surface area contributed by atoms with Crippen molar-refractivity contribution in [1.29, 1.82) is 0 Å². The highest BCUT2D eigenvalue weighted by Crippen LogP contribution is 2.25. The van der Waals surface area contributed by atoms with Crippen LogP contribution in [0.25, 0.3) is 0 Å². The highest BCUT2D eigenvalue weighted by molar-refractivity contribution is 7.98. The summed E-state index contributed by atoms with van der Waals surface area (Å²) in [6.45, 7) is 14.8. The summed E-state index contributed by atoms with van der Waals surface area (Å²) in [7, 11) is 0. The van der Waals surface area contributed by atoms with E-state index in [4.69, 9.17) is 4.98 Å². The third kappa shape index (κ3) is 9.31. The Morgan fingerprint density at radius 2 is 2.03 bits per heavy atom. The van der Waals surface area contributed by atoms with Gasteiger partial charge in [-0.15, -0.1) is 24.8 Å². The molecule has 0 aromatic carbocycles.